The Morgan fingerprint density at radius 1 is 1.17 bits per heavy atom. The largest absolute Gasteiger partial charge is 0.592 e. The van der Waals surface area contributed by atoms with E-state index >= 15 is 0 Å². The average Bonchev–Trinajstić information content (AvgIpc) is 3.37. The topological polar surface area (TPSA) is 80.6 Å². The summed E-state index contributed by atoms with van der Waals surface area (Å²) >= 11 is 0. The molecule has 0 aliphatic carbocycles. The molecule has 1 N–H and O–H groups in total. The number of nitrogens with zero attached hydrogens (tertiary/aromatic N) is 3. The molecule has 3 heterocycles. The van der Waals surface area contributed by atoms with E-state index in [2.05, 4.69) is 10.0 Å². The van der Waals surface area contributed by atoms with Crippen molar-refractivity contribution in [2.24, 2.45) is 16.9 Å². The van der Waals surface area contributed by atoms with E-state index < -0.39 is 35.2 Å². The van der Waals surface area contributed by atoms with E-state index in [0.29, 0.717) is 12.4 Å². The lowest BCUT2D eigenvalue weighted by atomic mass is 9.98. The molecule has 0 saturated carbocycles. The Hall–Kier alpha value is -3.47. The first kappa shape index (κ1) is 23.3. The number of anilines is 1. The van der Waals surface area contributed by atoms with Crippen LogP contribution in [0, 0.1) is 11.8 Å². The summed E-state index contributed by atoms with van der Waals surface area (Å²) in [6.07, 6.45) is -4.26. The van der Waals surface area contributed by atoms with Crippen LogP contribution in [-0.4, -0.2) is 56.1 Å². The van der Waals surface area contributed by atoms with Crippen molar-refractivity contribution < 1.29 is 37.3 Å². The van der Waals surface area contributed by atoms with Crippen molar-refractivity contribution >= 4 is 23.6 Å². The highest BCUT2D eigenvalue weighted by Gasteiger charge is 2.66. The van der Waals surface area contributed by atoms with Crippen LogP contribution < -0.4 is 23.7 Å². The maximum atomic E-state index is 14.2. The molecule has 0 radical (unpaired) electrons. The van der Waals surface area contributed by atoms with Gasteiger partial charge in [-0.2, -0.15) is 0 Å². The molecule has 2 aromatic carbocycles. The Morgan fingerprint density at radius 2 is 1.89 bits per heavy atom. The molecule has 3 atom stereocenters. The second-order valence-corrected chi connectivity index (χ2v) is 9.06. The summed E-state index contributed by atoms with van der Waals surface area (Å²) in [5.74, 6) is 0.239. The van der Waals surface area contributed by atoms with E-state index in [0.717, 1.165) is 30.3 Å². The SMILES string of the molecule is C[C@@H]1C=N[N+](c2ccc(OCC3CN(c4ccc5c(c4)OCO5)C3)cc2)(C(F)(F)F)[C@H]1CC(=O)O. The summed E-state index contributed by atoms with van der Waals surface area (Å²) in [5, 5.41) is 13.0. The number of fused-ring (bicyclic) bond motifs is 1. The van der Waals surface area contributed by atoms with Crippen LogP contribution in [-0.2, 0) is 4.79 Å². The van der Waals surface area contributed by atoms with Crippen molar-refractivity contribution in [3.63, 3.8) is 0 Å². The molecule has 3 aliphatic heterocycles. The highest BCUT2D eigenvalue weighted by atomic mass is 19.4. The maximum Gasteiger partial charge on any atom is 0.592 e. The van der Waals surface area contributed by atoms with Gasteiger partial charge in [-0.15, -0.1) is 13.2 Å². The third-order valence-electron chi connectivity index (χ3n) is 6.74. The molecule has 186 valence electrons. The second-order valence-electron chi connectivity index (χ2n) is 9.06. The number of quaternary nitrogens is 1. The van der Waals surface area contributed by atoms with Crippen molar-refractivity contribution in [3.8, 4) is 17.2 Å². The summed E-state index contributed by atoms with van der Waals surface area (Å²) in [7, 11) is 0. The van der Waals surface area contributed by atoms with E-state index in [9.17, 15) is 23.1 Å². The zero-order valence-electron chi connectivity index (χ0n) is 18.9. The van der Waals surface area contributed by atoms with E-state index in [1.54, 1.807) is 6.92 Å². The third kappa shape index (κ3) is 4.13. The fourth-order valence-electron chi connectivity index (χ4n) is 4.84. The lowest BCUT2D eigenvalue weighted by molar-refractivity contribution is -0.250. The molecule has 0 spiro atoms. The first-order chi connectivity index (χ1) is 16.7. The number of benzene rings is 2. The van der Waals surface area contributed by atoms with Crippen molar-refractivity contribution in [3.05, 3.63) is 42.5 Å². The van der Waals surface area contributed by atoms with Crippen LogP contribution >= 0.6 is 0 Å². The van der Waals surface area contributed by atoms with Gasteiger partial charge in [-0.25, -0.2) is 0 Å². The number of hydrogen-bond donors (Lipinski definition) is 1. The van der Waals surface area contributed by atoms with Gasteiger partial charge >= 0.3 is 12.3 Å². The van der Waals surface area contributed by atoms with Gasteiger partial charge in [0.1, 0.15) is 18.2 Å². The van der Waals surface area contributed by atoms with Crippen molar-refractivity contribution in [1.29, 1.82) is 0 Å². The molecular weight excluding hydrogens is 467 g/mol. The van der Waals surface area contributed by atoms with Gasteiger partial charge < -0.3 is 24.2 Å². The van der Waals surface area contributed by atoms with Gasteiger partial charge in [0, 0.05) is 42.9 Å². The first-order valence-corrected chi connectivity index (χ1v) is 11.3. The highest BCUT2D eigenvalue weighted by Crippen LogP contribution is 2.46. The number of alkyl halides is 3. The van der Waals surface area contributed by atoms with Crippen LogP contribution in [0.2, 0.25) is 0 Å². The van der Waals surface area contributed by atoms with Crippen LogP contribution in [0.25, 0.3) is 0 Å². The normalized spacial score (nSPS) is 25.5. The molecule has 0 amide bonds. The summed E-state index contributed by atoms with van der Waals surface area (Å²) in [5.41, 5.74) is 0.890. The quantitative estimate of drug-likeness (QED) is 0.460. The molecule has 5 rings (SSSR count). The predicted octanol–water partition coefficient (Wildman–Crippen LogP) is 4.24. The van der Waals surface area contributed by atoms with Crippen molar-refractivity contribution in [2.75, 3.05) is 31.4 Å². The van der Waals surface area contributed by atoms with E-state index in [-0.39, 0.29) is 18.4 Å². The van der Waals surface area contributed by atoms with E-state index in [4.69, 9.17) is 14.2 Å². The molecule has 1 unspecified atom stereocenters. The molecule has 1 saturated heterocycles. The van der Waals surface area contributed by atoms with E-state index in [1.165, 1.54) is 30.5 Å². The van der Waals surface area contributed by atoms with Gasteiger partial charge in [-0.05, 0) is 24.3 Å². The summed E-state index contributed by atoms with van der Waals surface area (Å²) in [4.78, 5) is 13.5. The number of aliphatic carboxylic acids is 1. The van der Waals surface area contributed by atoms with Crippen molar-refractivity contribution in [1.82, 2.24) is 4.59 Å². The van der Waals surface area contributed by atoms with Gasteiger partial charge in [0.2, 0.25) is 6.79 Å². The number of halogens is 3. The lowest BCUT2D eigenvalue weighted by Gasteiger charge is -2.40. The third-order valence-corrected chi connectivity index (χ3v) is 6.74. The molecule has 0 bridgehead atoms. The Kier molecular flexibility index (Phi) is 5.74. The molecule has 3 aliphatic rings. The van der Waals surface area contributed by atoms with Gasteiger partial charge in [0.05, 0.1) is 18.7 Å². The van der Waals surface area contributed by atoms with Gasteiger partial charge in [0.25, 0.3) is 0 Å². The summed E-state index contributed by atoms with van der Waals surface area (Å²) in [6.45, 7) is 3.77. The lowest BCUT2D eigenvalue weighted by Crippen LogP contribution is -2.61. The van der Waals surface area contributed by atoms with Gasteiger partial charge in [-0.3, -0.25) is 4.79 Å². The Morgan fingerprint density at radius 3 is 2.57 bits per heavy atom. The van der Waals surface area contributed by atoms with Crippen LogP contribution in [0.3, 0.4) is 0 Å². The second kappa shape index (κ2) is 8.63. The smallest absolute Gasteiger partial charge is 0.493 e. The van der Waals surface area contributed by atoms with Crippen LogP contribution in [0.5, 0.6) is 17.2 Å². The minimum absolute atomic E-state index is 0.144. The van der Waals surface area contributed by atoms with Crippen LogP contribution in [0.15, 0.2) is 47.6 Å². The average molecular weight is 492 g/mol. The Bertz CT molecular complexity index is 1130. The maximum absolute atomic E-state index is 14.2. The minimum Gasteiger partial charge on any atom is -0.493 e. The summed E-state index contributed by atoms with van der Waals surface area (Å²) in [6, 6.07) is 10.1. The fourth-order valence-corrected chi connectivity index (χ4v) is 4.84. The van der Waals surface area contributed by atoms with Crippen molar-refractivity contribution in [2.45, 2.75) is 25.7 Å². The molecule has 8 nitrogen and oxygen atoms in total. The number of carboxylic acids is 1. The fraction of sp³-hybridized carbons (Fsp3) is 0.417. The zero-order valence-corrected chi connectivity index (χ0v) is 18.9. The monoisotopic (exact) mass is 492 g/mol. The Balaban J connectivity index is 1.22. The first-order valence-electron chi connectivity index (χ1n) is 11.3. The molecular formula is C24H25F3N3O5+. The zero-order chi connectivity index (χ0) is 24.8. The highest BCUT2D eigenvalue weighted by molar-refractivity contribution is 5.73. The number of carboxylic acid groups (broad SMARTS) is 1. The summed E-state index contributed by atoms with van der Waals surface area (Å²) < 4.78 is 57.6. The standard InChI is InChI=1S/C24H24F3N3O5/c1-15-10-28-30(24(25,26)27,20(15)9-23(31)32)18-3-5-19(6-4-18)33-13-16-11-29(12-16)17-2-7-21-22(8-17)35-14-34-21/h2-8,10,15-16,20H,9,11-14H2,1H3/p+1/t15-,20+,30?/m1/s1. The Labute approximate surface area is 199 Å². The van der Waals surface area contributed by atoms with Crippen LogP contribution in [0.1, 0.15) is 13.3 Å². The molecule has 1 fully saturated rings. The molecule has 11 heteroatoms. The molecule has 0 aromatic heterocycles. The number of hydrogen-bond acceptors (Lipinski definition) is 6. The molecule has 35 heavy (non-hydrogen) atoms. The van der Waals surface area contributed by atoms with Gasteiger partial charge in [-0.1, -0.05) is 16.6 Å². The van der Waals surface area contributed by atoms with Gasteiger partial charge in [0.15, 0.2) is 17.2 Å². The van der Waals surface area contributed by atoms with Crippen LogP contribution in [0.4, 0.5) is 24.5 Å². The number of carbonyl (C=O) groups is 1. The molecule has 2 aromatic rings. The minimum atomic E-state index is -4.80. The predicted molar refractivity (Wildman–Crippen MR) is 122 cm³/mol. The van der Waals surface area contributed by atoms with E-state index in [1.807, 2.05) is 18.2 Å². The number of ether oxygens (including phenoxy) is 3. The number of rotatable bonds is 7.